The number of urea groups is 1. The van der Waals surface area contributed by atoms with E-state index in [2.05, 4.69) is 41.5 Å². The molecule has 0 spiro atoms. The van der Waals surface area contributed by atoms with E-state index in [4.69, 9.17) is 4.84 Å². The van der Waals surface area contributed by atoms with E-state index in [0.717, 1.165) is 21.8 Å². The van der Waals surface area contributed by atoms with Gasteiger partial charge in [-0.1, -0.05) is 41.5 Å². The van der Waals surface area contributed by atoms with Crippen LogP contribution in [0.3, 0.4) is 0 Å². The lowest BCUT2D eigenvalue weighted by atomic mass is 9.78. The van der Waals surface area contributed by atoms with E-state index in [0.29, 0.717) is 24.3 Å². The number of carbonyl (C=O) groups excluding carboxylic acids is 2. The van der Waals surface area contributed by atoms with Crippen LogP contribution in [0.4, 0.5) is 4.79 Å². The first-order valence-corrected chi connectivity index (χ1v) is 10.5. The van der Waals surface area contributed by atoms with E-state index in [1.807, 2.05) is 32.1 Å². The smallest absolute Gasteiger partial charge is 0.350 e. The number of imide groups is 1. The Morgan fingerprint density at radius 2 is 1.63 bits per heavy atom. The van der Waals surface area contributed by atoms with Crippen molar-refractivity contribution in [2.24, 2.45) is 0 Å². The molecule has 6 nitrogen and oxygen atoms in total. The first-order chi connectivity index (χ1) is 13.6. The summed E-state index contributed by atoms with van der Waals surface area (Å²) < 4.78 is 0. The van der Waals surface area contributed by atoms with Crippen LogP contribution in [0.5, 0.6) is 5.75 Å². The number of phenols is 1. The maximum Gasteiger partial charge on any atom is 0.350 e. The van der Waals surface area contributed by atoms with Gasteiger partial charge in [0, 0.05) is 30.3 Å². The van der Waals surface area contributed by atoms with Gasteiger partial charge in [-0.2, -0.15) is 0 Å². The summed E-state index contributed by atoms with van der Waals surface area (Å²) in [5.41, 5.74) is 2.60. The van der Waals surface area contributed by atoms with Gasteiger partial charge in [0.05, 0.1) is 6.10 Å². The molecule has 1 aromatic carbocycles. The number of phenolic OH excluding ortho intramolecular Hbond substituents is 1. The second-order valence-electron chi connectivity index (χ2n) is 10.3. The Bertz CT molecular complexity index is 822. The van der Waals surface area contributed by atoms with Gasteiger partial charge in [0.25, 0.3) is 5.91 Å². The minimum atomic E-state index is -0.464. The van der Waals surface area contributed by atoms with Crippen molar-refractivity contribution in [2.75, 3.05) is 13.6 Å². The molecule has 1 N–H and O–H groups in total. The van der Waals surface area contributed by atoms with Gasteiger partial charge >= 0.3 is 6.03 Å². The molecule has 0 radical (unpaired) electrons. The van der Waals surface area contributed by atoms with Crippen molar-refractivity contribution in [2.45, 2.75) is 78.7 Å². The van der Waals surface area contributed by atoms with Crippen molar-refractivity contribution in [3.8, 4) is 5.75 Å². The predicted molar refractivity (Wildman–Crippen MR) is 119 cm³/mol. The van der Waals surface area contributed by atoms with E-state index in [9.17, 15) is 14.7 Å². The number of amides is 3. The number of likely N-dealkylation sites (tertiary alicyclic amines) is 1. The van der Waals surface area contributed by atoms with Crippen LogP contribution in [-0.4, -0.2) is 46.7 Å². The lowest BCUT2D eigenvalue weighted by molar-refractivity contribution is -0.144. The fraction of sp³-hybridized carbons (Fsp3) is 0.583. The fourth-order valence-electron chi connectivity index (χ4n) is 3.55. The van der Waals surface area contributed by atoms with Crippen molar-refractivity contribution in [3.05, 3.63) is 34.4 Å². The highest BCUT2D eigenvalue weighted by atomic mass is 16.7. The first kappa shape index (κ1) is 23.9. The molecule has 2 rings (SSSR count). The second kappa shape index (κ2) is 8.42. The van der Waals surface area contributed by atoms with Gasteiger partial charge in [-0.3, -0.25) is 14.5 Å². The van der Waals surface area contributed by atoms with Gasteiger partial charge in [-0.15, -0.1) is 0 Å². The van der Waals surface area contributed by atoms with Crippen LogP contribution in [0, 0.1) is 0 Å². The Hall–Kier alpha value is -2.34. The zero-order valence-electron chi connectivity index (χ0n) is 19.8. The molecule has 0 aromatic heterocycles. The summed E-state index contributed by atoms with van der Waals surface area (Å²) in [5.74, 6) is 0.000982. The normalized spacial score (nSPS) is 16.7. The largest absolute Gasteiger partial charge is 0.507 e. The number of hydrogen-bond donors (Lipinski definition) is 1. The molecular formula is C24H36N2O4. The Morgan fingerprint density at radius 3 is 2.07 bits per heavy atom. The van der Waals surface area contributed by atoms with Gasteiger partial charge in [0.2, 0.25) is 0 Å². The number of aromatic hydroxyl groups is 1. The number of hydroxylamine groups is 2. The molecule has 30 heavy (non-hydrogen) atoms. The van der Waals surface area contributed by atoms with Gasteiger partial charge in [0.15, 0.2) is 0 Å². The molecule has 6 heteroatoms. The molecule has 0 unspecified atom stereocenters. The number of carbonyl (C=O) groups is 2. The summed E-state index contributed by atoms with van der Waals surface area (Å²) in [7, 11) is 1.52. The topological polar surface area (TPSA) is 70.1 Å². The number of hydrogen-bond acceptors (Lipinski definition) is 4. The Balaban J connectivity index is 2.42. The maximum absolute atomic E-state index is 12.9. The number of rotatable bonds is 3. The second-order valence-corrected chi connectivity index (χ2v) is 10.3. The van der Waals surface area contributed by atoms with Crippen LogP contribution in [0.15, 0.2) is 17.7 Å². The summed E-state index contributed by atoms with van der Waals surface area (Å²) in [6, 6.07) is 3.40. The van der Waals surface area contributed by atoms with Gasteiger partial charge < -0.3 is 5.11 Å². The minimum Gasteiger partial charge on any atom is -0.507 e. The van der Waals surface area contributed by atoms with Crippen LogP contribution < -0.4 is 0 Å². The SMILES string of the molecule is CC(C)ON(C)C(=O)N1CC/C(=C/c2cc(C(C)(C)C)c(O)c(C(C)(C)C)c2)C1=O. The average molecular weight is 417 g/mol. The van der Waals surface area contributed by atoms with Gasteiger partial charge in [-0.05, 0) is 54.9 Å². The molecule has 0 bridgehead atoms. The lowest BCUT2D eigenvalue weighted by Gasteiger charge is -2.28. The molecular weight excluding hydrogens is 380 g/mol. The Labute approximate surface area is 180 Å². The van der Waals surface area contributed by atoms with E-state index < -0.39 is 6.03 Å². The number of nitrogens with zero attached hydrogens (tertiary/aromatic N) is 2. The van der Waals surface area contributed by atoms with Crippen LogP contribution in [-0.2, 0) is 20.5 Å². The molecule has 166 valence electrons. The highest BCUT2D eigenvalue weighted by Crippen LogP contribution is 2.40. The Kier molecular flexibility index (Phi) is 6.72. The summed E-state index contributed by atoms with van der Waals surface area (Å²) in [6.07, 6.45) is 2.16. The van der Waals surface area contributed by atoms with Crippen molar-refractivity contribution in [1.29, 1.82) is 0 Å². The number of benzene rings is 1. The van der Waals surface area contributed by atoms with E-state index in [1.54, 1.807) is 0 Å². The summed E-state index contributed by atoms with van der Waals surface area (Å²) in [4.78, 5) is 32.0. The van der Waals surface area contributed by atoms with Crippen molar-refractivity contribution >= 4 is 18.0 Å². The highest BCUT2D eigenvalue weighted by Gasteiger charge is 2.34. The van der Waals surface area contributed by atoms with Gasteiger partial charge in [-0.25, -0.2) is 9.86 Å². The fourth-order valence-corrected chi connectivity index (χ4v) is 3.55. The molecule has 1 aromatic rings. The molecule has 3 amide bonds. The highest BCUT2D eigenvalue weighted by molar-refractivity contribution is 6.08. The third-order valence-corrected chi connectivity index (χ3v) is 5.08. The summed E-state index contributed by atoms with van der Waals surface area (Å²) in [5, 5.41) is 12.0. The average Bonchev–Trinajstić information content (AvgIpc) is 2.93. The third kappa shape index (κ3) is 5.22. The van der Waals surface area contributed by atoms with Crippen molar-refractivity contribution < 1.29 is 19.5 Å². The molecule has 1 saturated heterocycles. The Morgan fingerprint density at radius 1 is 1.13 bits per heavy atom. The molecule has 1 fully saturated rings. The molecule has 0 aliphatic carbocycles. The van der Waals surface area contributed by atoms with E-state index in [-0.39, 0.29) is 22.8 Å². The molecule has 0 atom stereocenters. The predicted octanol–water partition coefficient (Wildman–Crippen LogP) is 4.99. The van der Waals surface area contributed by atoms with E-state index >= 15 is 0 Å². The maximum atomic E-state index is 12.9. The third-order valence-electron chi connectivity index (χ3n) is 5.08. The van der Waals surface area contributed by atoms with Crippen LogP contribution in [0.2, 0.25) is 0 Å². The lowest BCUT2D eigenvalue weighted by Crippen LogP contribution is -2.42. The van der Waals surface area contributed by atoms with Crippen molar-refractivity contribution in [3.63, 3.8) is 0 Å². The zero-order chi connectivity index (χ0) is 23.0. The first-order valence-electron chi connectivity index (χ1n) is 10.5. The summed E-state index contributed by atoms with van der Waals surface area (Å²) >= 11 is 0. The molecule has 0 saturated carbocycles. The minimum absolute atomic E-state index is 0.157. The van der Waals surface area contributed by atoms with Crippen LogP contribution in [0.1, 0.15) is 78.5 Å². The molecule has 1 aliphatic heterocycles. The van der Waals surface area contributed by atoms with Crippen LogP contribution >= 0.6 is 0 Å². The summed E-state index contributed by atoms with van der Waals surface area (Å²) in [6.45, 7) is 16.3. The van der Waals surface area contributed by atoms with E-state index in [1.165, 1.54) is 11.9 Å². The quantitative estimate of drug-likeness (QED) is 0.556. The zero-order valence-corrected chi connectivity index (χ0v) is 19.8. The molecule has 1 aliphatic rings. The molecule has 1 heterocycles. The van der Waals surface area contributed by atoms with Crippen LogP contribution in [0.25, 0.3) is 6.08 Å². The van der Waals surface area contributed by atoms with Crippen molar-refractivity contribution in [1.82, 2.24) is 9.96 Å². The monoisotopic (exact) mass is 416 g/mol. The standard InChI is InChI=1S/C24H36N2O4/c1-15(2)30-25(9)22(29)26-11-10-17(21(26)28)12-16-13-18(23(3,4)5)20(27)19(14-16)24(6,7)8/h12-15,27H,10-11H2,1-9H3/b17-12-. The van der Waals surface area contributed by atoms with Gasteiger partial charge in [0.1, 0.15) is 5.75 Å².